The van der Waals surface area contributed by atoms with Gasteiger partial charge in [-0.3, -0.25) is 14.5 Å². The summed E-state index contributed by atoms with van der Waals surface area (Å²) in [6, 6.07) is 8.90. The highest BCUT2D eigenvalue weighted by atomic mass is 16.7. The van der Waals surface area contributed by atoms with E-state index >= 15 is 0 Å². The van der Waals surface area contributed by atoms with Gasteiger partial charge in [0.15, 0.2) is 5.78 Å². The van der Waals surface area contributed by atoms with Gasteiger partial charge in [0.1, 0.15) is 34.7 Å². The first-order valence-electron chi connectivity index (χ1n) is 9.39. The second-order valence-electron chi connectivity index (χ2n) is 6.71. The van der Waals surface area contributed by atoms with Gasteiger partial charge in [-0.05, 0) is 17.7 Å². The molecule has 0 aromatic heterocycles. The van der Waals surface area contributed by atoms with Crippen LogP contribution < -0.4 is 14.2 Å². The number of phenols is 1. The number of hydrogen-bond donors (Lipinski definition) is 1. The topological polar surface area (TPSA) is 124 Å². The molecule has 1 heterocycles. The number of hydrogen-bond acceptors (Lipinski definition) is 9. The zero-order valence-corrected chi connectivity index (χ0v) is 17.9. The molecule has 11 heteroatoms. The van der Waals surface area contributed by atoms with Gasteiger partial charge in [0.2, 0.25) is 0 Å². The Morgan fingerprint density at radius 1 is 0.969 bits per heavy atom. The smallest absolute Gasteiger partial charge is 0.439 e. The molecule has 2 amide bonds. The second-order valence-corrected chi connectivity index (χ2v) is 6.71. The fourth-order valence-electron chi connectivity index (χ4n) is 2.89. The molecular weight excluding hydrogens is 424 g/mol. The highest BCUT2D eigenvalue weighted by Crippen LogP contribution is 2.42. The van der Waals surface area contributed by atoms with E-state index in [1.807, 2.05) is 0 Å². The van der Waals surface area contributed by atoms with Crippen LogP contribution in [-0.2, 0) is 9.68 Å². The van der Waals surface area contributed by atoms with Crippen LogP contribution >= 0.6 is 0 Å². The summed E-state index contributed by atoms with van der Waals surface area (Å²) >= 11 is 0. The van der Waals surface area contributed by atoms with E-state index in [2.05, 4.69) is 0 Å². The number of amides is 2. The third-order valence-corrected chi connectivity index (χ3v) is 4.70. The minimum Gasteiger partial charge on any atom is -0.507 e. The zero-order chi connectivity index (χ0) is 23.4. The number of ketones is 1. The molecule has 0 saturated heterocycles. The first-order valence-corrected chi connectivity index (χ1v) is 9.39. The number of fused-ring (bicyclic) bond motifs is 1. The van der Waals surface area contributed by atoms with Crippen molar-refractivity contribution in [3.05, 3.63) is 47.5 Å². The lowest BCUT2D eigenvalue weighted by Gasteiger charge is -2.26. The summed E-state index contributed by atoms with van der Waals surface area (Å²) in [5, 5.41) is 12.0. The van der Waals surface area contributed by atoms with E-state index in [1.165, 1.54) is 34.4 Å². The summed E-state index contributed by atoms with van der Waals surface area (Å²) < 4.78 is 16.2. The Kier molecular flexibility index (Phi) is 6.81. The van der Waals surface area contributed by atoms with Gasteiger partial charge in [-0.1, -0.05) is 12.1 Å². The number of carbonyl (C=O) groups excluding carboxylic acids is 3. The van der Waals surface area contributed by atoms with E-state index in [4.69, 9.17) is 23.9 Å². The summed E-state index contributed by atoms with van der Waals surface area (Å²) in [6.07, 6.45) is -2.20. The molecule has 170 valence electrons. The van der Waals surface area contributed by atoms with E-state index in [-0.39, 0.29) is 40.8 Å². The van der Waals surface area contributed by atoms with Crippen LogP contribution in [-0.4, -0.2) is 61.5 Å². The van der Waals surface area contributed by atoms with Crippen molar-refractivity contribution in [2.75, 3.05) is 28.3 Å². The fourth-order valence-corrected chi connectivity index (χ4v) is 2.89. The molecule has 0 spiro atoms. The lowest BCUT2D eigenvalue weighted by molar-refractivity contribution is -0.0790. The predicted octanol–water partition coefficient (Wildman–Crippen LogP) is 3.08. The van der Waals surface area contributed by atoms with E-state index in [0.29, 0.717) is 5.56 Å². The summed E-state index contributed by atoms with van der Waals surface area (Å²) in [4.78, 5) is 45.8. The van der Waals surface area contributed by atoms with Gasteiger partial charge in [-0.25, -0.2) is 9.59 Å². The SMILES string of the molecule is CON(C)C(=O)Oc1ccc(C2CC(=O)c3c(O)cc(OC(=O)N(C)OC)cc3O2)cc1. The highest BCUT2D eigenvalue weighted by molar-refractivity contribution is 6.02. The lowest BCUT2D eigenvalue weighted by atomic mass is 9.95. The number of carbonyl (C=O) groups is 3. The van der Waals surface area contributed by atoms with Gasteiger partial charge in [-0.2, -0.15) is 10.1 Å². The van der Waals surface area contributed by atoms with Gasteiger partial charge in [0.25, 0.3) is 0 Å². The van der Waals surface area contributed by atoms with Crippen LogP contribution in [0.25, 0.3) is 0 Å². The van der Waals surface area contributed by atoms with Crippen molar-refractivity contribution in [1.29, 1.82) is 0 Å². The molecule has 1 N–H and O–H groups in total. The van der Waals surface area contributed by atoms with Crippen molar-refractivity contribution in [1.82, 2.24) is 10.1 Å². The fraction of sp³-hybridized carbons (Fsp3) is 0.286. The van der Waals surface area contributed by atoms with Gasteiger partial charge in [0.05, 0.1) is 20.6 Å². The summed E-state index contributed by atoms with van der Waals surface area (Å²) in [6.45, 7) is 0. The lowest BCUT2D eigenvalue weighted by Crippen LogP contribution is -2.28. The number of benzene rings is 2. The maximum atomic E-state index is 12.6. The van der Waals surface area contributed by atoms with E-state index in [9.17, 15) is 19.5 Å². The average Bonchev–Trinajstić information content (AvgIpc) is 2.77. The number of phenolic OH excluding ortho intramolecular Hbond substituents is 1. The molecule has 1 aliphatic heterocycles. The van der Waals surface area contributed by atoms with Crippen LogP contribution in [0.4, 0.5) is 9.59 Å². The molecule has 1 aliphatic rings. The molecule has 0 bridgehead atoms. The summed E-state index contributed by atoms with van der Waals surface area (Å²) in [5.74, 6) is -0.366. The number of ether oxygens (including phenoxy) is 3. The van der Waals surface area contributed by atoms with Crippen LogP contribution in [0.3, 0.4) is 0 Å². The largest absolute Gasteiger partial charge is 0.507 e. The Bertz CT molecular complexity index is 1020. The van der Waals surface area contributed by atoms with E-state index in [1.54, 1.807) is 24.3 Å². The monoisotopic (exact) mass is 446 g/mol. The maximum Gasteiger partial charge on any atom is 0.439 e. The Morgan fingerprint density at radius 3 is 2.09 bits per heavy atom. The van der Waals surface area contributed by atoms with Gasteiger partial charge in [0, 0.05) is 26.2 Å². The van der Waals surface area contributed by atoms with Crippen molar-refractivity contribution in [2.24, 2.45) is 0 Å². The average molecular weight is 446 g/mol. The van der Waals surface area contributed by atoms with Crippen LogP contribution in [0, 0.1) is 0 Å². The predicted molar refractivity (Wildman–Crippen MR) is 108 cm³/mol. The number of hydroxylamine groups is 4. The molecule has 1 unspecified atom stereocenters. The van der Waals surface area contributed by atoms with Crippen molar-refractivity contribution in [3.8, 4) is 23.0 Å². The van der Waals surface area contributed by atoms with Crippen LogP contribution in [0.2, 0.25) is 0 Å². The molecule has 0 aliphatic carbocycles. The van der Waals surface area contributed by atoms with Gasteiger partial charge >= 0.3 is 12.2 Å². The maximum absolute atomic E-state index is 12.6. The van der Waals surface area contributed by atoms with Crippen molar-refractivity contribution in [3.63, 3.8) is 0 Å². The second kappa shape index (κ2) is 9.54. The minimum atomic E-state index is -0.824. The quantitative estimate of drug-likeness (QED) is 0.690. The normalized spacial score (nSPS) is 14.8. The Labute approximate surface area is 183 Å². The molecule has 32 heavy (non-hydrogen) atoms. The first-order chi connectivity index (χ1) is 15.2. The first kappa shape index (κ1) is 22.8. The van der Waals surface area contributed by atoms with Crippen LogP contribution in [0.5, 0.6) is 23.0 Å². The molecule has 0 fully saturated rings. The Morgan fingerprint density at radius 2 is 1.53 bits per heavy atom. The Hall–Kier alpha value is -3.83. The molecule has 3 rings (SSSR count). The molecule has 2 aromatic rings. The van der Waals surface area contributed by atoms with Crippen molar-refractivity contribution >= 4 is 18.0 Å². The standard InChI is InChI=1S/C21H22N2O9/c1-22(28-3)20(26)30-13-7-5-12(6-8-13)17-11-16(25)19-15(24)9-14(10-18(19)32-17)31-21(27)23(2)29-4/h5-10,17,24H,11H2,1-4H3. The number of nitrogens with zero attached hydrogens (tertiary/aromatic N) is 2. The third-order valence-electron chi connectivity index (χ3n) is 4.70. The molecule has 0 radical (unpaired) electrons. The van der Waals surface area contributed by atoms with E-state index in [0.717, 1.165) is 16.2 Å². The number of aromatic hydroxyl groups is 1. The number of Topliss-reactive ketones (excluding diaryl/α,β-unsaturated/α-hetero) is 1. The molecular formula is C21H22N2O9. The third kappa shape index (κ3) is 4.90. The Balaban J connectivity index is 1.78. The van der Waals surface area contributed by atoms with Crippen molar-refractivity contribution in [2.45, 2.75) is 12.5 Å². The highest BCUT2D eigenvalue weighted by Gasteiger charge is 2.31. The molecule has 11 nitrogen and oxygen atoms in total. The van der Waals surface area contributed by atoms with Crippen molar-refractivity contribution < 1.29 is 43.4 Å². The summed E-state index contributed by atoms with van der Waals surface area (Å²) in [7, 11) is 5.38. The zero-order valence-electron chi connectivity index (χ0n) is 17.9. The van der Waals surface area contributed by atoms with Crippen LogP contribution in [0.15, 0.2) is 36.4 Å². The minimum absolute atomic E-state index is 0.00861. The number of rotatable bonds is 5. The molecule has 1 atom stereocenters. The van der Waals surface area contributed by atoms with Gasteiger partial charge in [-0.15, -0.1) is 0 Å². The molecule has 2 aromatic carbocycles. The summed E-state index contributed by atoms with van der Waals surface area (Å²) in [5.41, 5.74) is 0.652. The molecule has 0 saturated carbocycles. The van der Waals surface area contributed by atoms with E-state index < -0.39 is 18.3 Å². The van der Waals surface area contributed by atoms with Crippen LogP contribution in [0.1, 0.15) is 28.4 Å². The van der Waals surface area contributed by atoms with Gasteiger partial charge < -0.3 is 19.3 Å².